The van der Waals surface area contributed by atoms with Gasteiger partial charge in [0, 0.05) is 10.9 Å². The first-order valence-corrected chi connectivity index (χ1v) is 5.41. The molecule has 6 heteroatoms. The number of benzene rings is 1. The molecule has 0 atom stereocenters. The fourth-order valence-corrected chi connectivity index (χ4v) is 2.02. The third kappa shape index (κ3) is 2.72. The van der Waals surface area contributed by atoms with E-state index >= 15 is 0 Å². The van der Waals surface area contributed by atoms with Crippen LogP contribution >= 0.6 is 39.1 Å². The van der Waals surface area contributed by atoms with Gasteiger partial charge >= 0.3 is 6.61 Å². The normalized spacial score (nSPS) is 10.7. The number of halogens is 5. The number of alkyl halides is 3. The van der Waals surface area contributed by atoms with E-state index in [2.05, 4.69) is 20.7 Å². The highest BCUT2D eigenvalue weighted by Gasteiger charge is 2.13. The molecule has 0 bridgehead atoms. The van der Waals surface area contributed by atoms with E-state index in [1.807, 2.05) is 0 Å². The van der Waals surface area contributed by atoms with Crippen LogP contribution in [0.2, 0.25) is 10.0 Å². The second-order valence-corrected chi connectivity index (χ2v) is 3.70. The first-order valence-electron chi connectivity index (χ1n) is 3.54. The minimum Gasteiger partial charge on any atom is -0.434 e. The molecule has 1 rings (SSSR count). The number of hydrogen-bond acceptors (Lipinski definition) is 1. The fraction of sp³-hybridized carbons (Fsp3) is 0.250. The molecular formula is C8H5BrCl2F2O. The third-order valence-corrected chi connectivity index (χ3v) is 2.91. The Morgan fingerprint density at radius 2 is 2.00 bits per heavy atom. The van der Waals surface area contributed by atoms with Gasteiger partial charge in [-0.3, -0.25) is 0 Å². The lowest BCUT2D eigenvalue weighted by atomic mass is 10.2. The summed E-state index contributed by atoms with van der Waals surface area (Å²) in [4.78, 5) is 0. The lowest BCUT2D eigenvalue weighted by Gasteiger charge is -2.10. The first kappa shape index (κ1) is 12.0. The van der Waals surface area contributed by atoms with Gasteiger partial charge in [-0.2, -0.15) is 8.78 Å². The van der Waals surface area contributed by atoms with Crippen LogP contribution in [0.3, 0.4) is 0 Å². The van der Waals surface area contributed by atoms with Crippen molar-refractivity contribution in [1.29, 1.82) is 0 Å². The molecule has 0 saturated heterocycles. The third-order valence-electron chi connectivity index (χ3n) is 1.50. The van der Waals surface area contributed by atoms with Crippen molar-refractivity contribution in [3.8, 4) is 5.75 Å². The molecule has 14 heavy (non-hydrogen) atoms. The van der Waals surface area contributed by atoms with Gasteiger partial charge in [0.1, 0.15) is 5.75 Å². The van der Waals surface area contributed by atoms with Crippen molar-refractivity contribution in [3.63, 3.8) is 0 Å². The van der Waals surface area contributed by atoms with Crippen molar-refractivity contribution in [1.82, 2.24) is 0 Å². The molecule has 78 valence electrons. The van der Waals surface area contributed by atoms with E-state index in [9.17, 15) is 8.78 Å². The molecule has 1 aromatic rings. The smallest absolute Gasteiger partial charge is 0.387 e. The van der Waals surface area contributed by atoms with Gasteiger partial charge in [-0.1, -0.05) is 39.1 Å². The summed E-state index contributed by atoms with van der Waals surface area (Å²) in [5.74, 6) is 0.0336. The second kappa shape index (κ2) is 5.14. The highest BCUT2D eigenvalue weighted by Crippen LogP contribution is 2.35. The molecule has 0 N–H and O–H groups in total. The van der Waals surface area contributed by atoms with Gasteiger partial charge in [0.25, 0.3) is 0 Å². The quantitative estimate of drug-likeness (QED) is 0.748. The van der Waals surface area contributed by atoms with Gasteiger partial charge in [0.15, 0.2) is 0 Å². The Balaban J connectivity index is 3.10. The second-order valence-electron chi connectivity index (χ2n) is 2.35. The zero-order chi connectivity index (χ0) is 10.7. The predicted octanol–water partition coefficient (Wildman–Crippen LogP) is 4.49. The van der Waals surface area contributed by atoms with Crippen LogP contribution in [0.1, 0.15) is 5.56 Å². The molecule has 0 aliphatic carbocycles. The van der Waals surface area contributed by atoms with Crippen LogP contribution in [0.5, 0.6) is 5.75 Å². The maximum Gasteiger partial charge on any atom is 0.387 e. The first-order chi connectivity index (χ1) is 6.56. The molecule has 0 aliphatic heterocycles. The van der Waals surface area contributed by atoms with Crippen LogP contribution in [-0.2, 0) is 5.33 Å². The van der Waals surface area contributed by atoms with Crippen molar-refractivity contribution < 1.29 is 13.5 Å². The minimum atomic E-state index is -2.87. The summed E-state index contributed by atoms with van der Waals surface area (Å²) in [6.07, 6.45) is 0. The van der Waals surface area contributed by atoms with Crippen LogP contribution in [0.4, 0.5) is 8.78 Å². The summed E-state index contributed by atoms with van der Waals surface area (Å²) >= 11 is 14.6. The van der Waals surface area contributed by atoms with Crippen molar-refractivity contribution in [2.24, 2.45) is 0 Å². The Hall–Kier alpha value is -0.0600. The molecule has 0 radical (unpaired) electrons. The average molecular weight is 306 g/mol. The van der Waals surface area contributed by atoms with Crippen molar-refractivity contribution in [3.05, 3.63) is 27.7 Å². The lowest BCUT2D eigenvalue weighted by molar-refractivity contribution is -0.0503. The molecule has 1 nitrogen and oxygen atoms in total. The topological polar surface area (TPSA) is 9.23 Å². The molecule has 0 aliphatic rings. The van der Waals surface area contributed by atoms with Crippen molar-refractivity contribution >= 4 is 39.1 Å². The van der Waals surface area contributed by atoms with E-state index < -0.39 is 6.61 Å². The molecule has 1 aromatic carbocycles. The molecule has 0 heterocycles. The van der Waals surface area contributed by atoms with Crippen LogP contribution in [-0.4, -0.2) is 6.61 Å². The van der Waals surface area contributed by atoms with Gasteiger partial charge in [0.2, 0.25) is 0 Å². The zero-order valence-electron chi connectivity index (χ0n) is 6.74. The minimum absolute atomic E-state index is 0.0336. The number of hydrogen-bond donors (Lipinski definition) is 0. The Morgan fingerprint density at radius 3 is 2.50 bits per heavy atom. The van der Waals surface area contributed by atoms with Crippen LogP contribution in [0.15, 0.2) is 12.1 Å². The summed E-state index contributed by atoms with van der Waals surface area (Å²) in [7, 11) is 0. The Kier molecular flexibility index (Phi) is 4.41. The Bertz CT molecular complexity index is 333. The van der Waals surface area contributed by atoms with Crippen LogP contribution < -0.4 is 4.74 Å². The molecule has 0 fully saturated rings. The average Bonchev–Trinajstić information content (AvgIpc) is 2.11. The van der Waals surface area contributed by atoms with E-state index in [1.54, 1.807) is 0 Å². The fourth-order valence-electron chi connectivity index (χ4n) is 0.906. The highest BCUT2D eigenvalue weighted by atomic mass is 79.9. The standard InChI is InChI=1S/C8H5BrCl2F2O/c9-3-4-6(14-8(12)13)2-1-5(10)7(4)11/h1-2,8H,3H2. The van der Waals surface area contributed by atoms with Crippen LogP contribution in [0, 0.1) is 0 Å². The monoisotopic (exact) mass is 304 g/mol. The van der Waals surface area contributed by atoms with Gasteiger partial charge in [-0.15, -0.1) is 0 Å². The molecular weight excluding hydrogens is 301 g/mol. The maximum atomic E-state index is 12.0. The van der Waals surface area contributed by atoms with E-state index in [0.29, 0.717) is 15.9 Å². The Labute approximate surface area is 98.1 Å². The molecule has 0 unspecified atom stereocenters. The molecule has 0 amide bonds. The molecule has 0 saturated carbocycles. The van der Waals surface area contributed by atoms with Crippen LogP contribution in [0.25, 0.3) is 0 Å². The van der Waals surface area contributed by atoms with E-state index in [-0.39, 0.29) is 10.8 Å². The summed E-state index contributed by atoms with van der Waals surface area (Å²) in [6.45, 7) is -2.87. The molecule has 0 aromatic heterocycles. The predicted molar refractivity (Wildman–Crippen MR) is 55.7 cm³/mol. The van der Waals surface area contributed by atoms with E-state index in [0.717, 1.165) is 0 Å². The van der Waals surface area contributed by atoms with Crippen molar-refractivity contribution in [2.75, 3.05) is 0 Å². The number of ether oxygens (including phenoxy) is 1. The summed E-state index contributed by atoms with van der Waals surface area (Å²) in [5.41, 5.74) is 0.416. The van der Waals surface area contributed by atoms with Gasteiger partial charge < -0.3 is 4.74 Å². The van der Waals surface area contributed by atoms with Crippen molar-refractivity contribution in [2.45, 2.75) is 11.9 Å². The highest BCUT2D eigenvalue weighted by molar-refractivity contribution is 9.08. The van der Waals surface area contributed by atoms with Gasteiger partial charge in [-0.05, 0) is 12.1 Å². The van der Waals surface area contributed by atoms with Gasteiger partial charge in [-0.25, -0.2) is 0 Å². The van der Waals surface area contributed by atoms with Gasteiger partial charge in [0.05, 0.1) is 10.0 Å². The maximum absolute atomic E-state index is 12.0. The largest absolute Gasteiger partial charge is 0.434 e. The number of rotatable bonds is 3. The SMILES string of the molecule is FC(F)Oc1ccc(Cl)c(Cl)c1CBr. The lowest BCUT2D eigenvalue weighted by Crippen LogP contribution is -2.04. The summed E-state index contributed by atoms with van der Waals surface area (Å²) < 4.78 is 28.2. The summed E-state index contributed by atoms with van der Waals surface area (Å²) in [5, 5.41) is 0.832. The van der Waals surface area contributed by atoms with E-state index in [4.69, 9.17) is 23.2 Å². The Morgan fingerprint density at radius 1 is 1.36 bits per heavy atom. The summed E-state index contributed by atoms with van der Waals surface area (Å²) in [6, 6.07) is 2.77. The van der Waals surface area contributed by atoms with E-state index in [1.165, 1.54) is 12.1 Å². The zero-order valence-corrected chi connectivity index (χ0v) is 9.84. The molecule has 0 spiro atoms.